The highest BCUT2D eigenvalue weighted by molar-refractivity contribution is 5.89. The highest BCUT2D eigenvalue weighted by Crippen LogP contribution is 2.11. The van der Waals surface area contributed by atoms with Gasteiger partial charge in [-0.05, 0) is 17.7 Å². The smallest absolute Gasteiger partial charge is 0.319 e. The Morgan fingerprint density at radius 2 is 1.76 bits per heavy atom. The van der Waals surface area contributed by atoms with Crippen LogP contribution in [-0.4, -0.2) is 23.8 Å². The zero-order valence-corrected chi connectivity index (χ0v) is 11.4. The zero-order valence-electron chi connectivity index (χ0n) is 11.4. The van der Waals surface area contributed by atoms with Gasteiger partial charge in [0.05, 0.1) is 11.8 Å². The summed E-state index contributed by atoms with van der Waals surface area (Å²) in [6.45, 7) is 0.0924. The zero-order chi connectivity index (χ0) is 15.1. The molecule has 0 spiro atoms. The van der Waals surface area contributed by atoms with Crippen molar-refractivity contribution in [1.29, 1.82) is 0 Å². The summed E-state index contributed by atoms with van der Waals surface area (Å²) in [4.78, 5) is 11.6. The van der Waals surface area contributed by atoms with Gasteiger partial charge in [-0.15, -0.1) is 0 Å². The number of rotatable bonds is 5. The van der Waals surface area contributed by atoms with Crippen LogP contribution in [0.5, 0.6) is 0 Å². The molecule has 2 aromatic carbocycles. The van der Waals surface area contributed by atoms with Crippen molar-refractivity contribution >= 4 is 11.7 Å². The van der Waals surface area contributed by atoms with Crippen LogP contribution in [0, 0.1) is 5.82 Å². The molecule has 0 saturated carbocycles. The van der Waals surface area contributed by atoms with Crippen molar-refractivity contribution in [1.82, 2.24) is 5.32 Å². The maximum atomic E-state index is 13.3. The Morgan fingerprint density at radius 3 is 2.48 bits per heavy atom. The molecule has 0 aliphatic heterocycles. The number of hydrogen-bond donors (Lipinski definition) is 3. The van der Waals surface area contributed by atoms with Crippen molar-refractivity contribution in [3.05, 3.63) is 66.0 Å². The van der Waals surface area contributed by atoms with Crippen LogP contribution in [0.25, 0.3) is 0 Å². The van der Waals surface area contributed by atoms with Crippen LogP contribution >= 0.6 is 0 Å². The molecule has 3 N–H and O–H groups in total. The van der Waals surface area contributed by atoms with E-state index in [1.807, 2.05) is 30.3 Å². The van der Waals surface area contributed by atoms with E-state index in [-0.39, 0.29) is 12.2 Å². The lowest BCUT2D eigenvalue weighted by atomic mass is 10.1. The monoisotopic (exact) mass is 288 g/mol. The van der Waals surface area contributed by atoms with Crippen LogP contribution in [0.1, 0.15) is 5.56 Å². The first-order valence-electron chi connectivity index (χ1n) is 6.66. The van der Waals surface area contributed by atoms with Crippen molar-refractivity contribution < 1.29 is 14.3 Å². The van der Waals surface area contributed by atoms with Gasteiger partial charge < -0.3 is 15.7 Å². The van der Waals surface area contributed by atoms with E-state index >= 15 is 0 Å². The van der Waals surface area contributed by atoms with Gasteiger partial charge in [-0.1, -0.05) is 42.5 Å². The van der Waals surface area contributed by atoms with Crippen molar-refractivity contribution in [2.24, 2.45) is 0 Å². The first-order chi connectivity index (χ1) is 10.1. The molecule has 0 aromatic heterocycles. The fourth-order valence-corrected chi connectivity index (χ4v) is 1.90. The molecule has 4 nitrogen and oxygen atoms in total. The molecule has 21 heavy (non-hydrogen) atoms. The number of urea groups is 1. The summed E-state index contributed by atoms with van der Waals surface area (Å²) in [6.07, 6.45) is -0.250. The number of benzene rings is 2. The molecule has 0 heterocycles. The van der Waals surface area contributed by atoms with E-state index in [1.54, 1.807) is 12.1 Å². The number of aliphatic hydroxyl groups is 1. The Morgan fingerprint density at radius 1 is 1.10 bits per heavy atom. The number of anilines is 1. The number of nitrogens with one attached hydrogen (secondary N) is 2. The Balaban J connectivity index is 1.77. The summed E-state index contributed by atoms with van der Waals surface area (Å²) in [7, 11) is 0. The SMILES string of the molecule is O=C(NCC(O)Cc1ccccc1)Nc1ccccc1F. The molecule has 0 bridgehead atoms. The Hall–Kier alpha value is -2.40. The van der Waals surface area contributed by atoms with E-state index in [9.17, 15) is 14.3 Å². The minimum atomic E-state index is -0.696. The number of carbonyl (C=O) groups is 1. The molecule has 1 atom stereocenters. The van der Waals surface area contributed by atoms with Crippen molar-refractivity contribution in [2.75, 3.05) is 11.9 Å². The highest BCUT2D eigenvalue weighted by atomic mass is 19.1. The van der Waals surface area contributed by atoms with Gasteiger partial charge in [0.25, 0.3) is 0 Å². The second-order valence-corrected chi connectivity index (χ2v) is 4.66. The van der Waals surface area contributed by atoms with Gasteiger partial charge >= 0.3 is 6.03 Å². The van der Waals surface area contributed by atoms with Crippen molar-refractivity contribution in [3.63, 3.8) is 0 Å². The number of para-hydroxylation sites is 1. The number of hydrogen-bond acceptors (Lipinski definition) is 2. The average molecular weight is 288 g/mol. The summed E-state index contributed by atoms with van der Waals surface area (Å²) < 4.78 is 13.3. The van der Waals surface area contributed by atoms with Crippen LogP contribution < -0.4 is 10.6 Å². The first-order valence-corrected chi connectivity index (χ1v) is 6.66. The summed E-state index contributed by atoms with van der Waals surface area (Å²) in [6, 6.07) is 14.8. The standard InChI is InChI=1S/C16H17FN2O2/c17-14-8-4-5-9-15(14)19-16(21)18-11-13(20)10-12-6-2-1-3-7-12/h1-9,13,20H,10-11H2,(H2,18,19,21). The highest BCUT2D eigenvalue weighted by Gasteiger charge is 2.09. The summed E-state index contributed by atoms with van der Waals surface area (Å²) in [5.41, 5.74) is 1.09. The second kappa shape index (κ2) is 7.40. The quantitative estimate of drug-likeness (QED) is 0.792. The summed E-state index contributed by atoms with van der Waals surface area (Å²) >= 11 is 0. The Kier molecular flexibility index (Phi) is 5.29. The van der Waals surface area contributed by atoms with Crippen LogP contribution in [0.2, 0.25) is 0 Å². The second-order valence-electron chi connectivity index (χ2n) is 4.66. The normalized spacial score (nSPS) is 11.7. The van der Waals surface area contributed by atoms with Gasteiger partial charge in [-0.2, -0.15) is 0 Å². The molecule has 5 heteroatoms. The number of halogens is 1. The van der Waals surface area contributed by atoms with Gasteiger partial charge in [0.2, 0.25) is 0 Å². The third kappa shape index (κ3) is 4.89. The van der Waals surface area contributed by atoms with Gasteiger partial charge in [-0.25, -0.2) is 9.18 Å². The topological polar surface area (TPSA) is 61.4 Å². The number of aliphatic hydroxyl groups excluding tert-OH is 1. The van der Waals surface area contributed by atoms with Crippen molar-refractivity contribution in [3.8, 4) is 0 Å². The fraction of sp³-hybridized carbons (Fsp3) is 0.188. The summed E-state index contributed by atoms with van der Waals surface area (Å²) in [5.74, 6) is -0.502. The molecule has 0 fully saturated rings. The molecular formula is C16H17FN2O2. The van der Waals surface area contributed by atoms with Crippen LogP contribution in [0.4, 0.5) is 14.9 Å². The third-order valence-electron chi connectivity index (χ3n) is 2.93. The third-order valence-corrected chi connectivity index (χ3v) is 2.93. The number of carbonyl (C=O) groups excluding carboxylic acids is 1. The Labute approximate surface area is 122 Å². The predicted octanol–water partition coefficient (Wildman–Crippen LogP) is 2.55. The molecule has 2 amide bonds. The van der Waals surface area contributed by atoms with E-state index in [1.165, 1.54) is 12.1 Å². The molecular weight excluding hydrogens is 271 g/mol. The lowest BCUT2D eigenvalue weighted by molar-refractivity contribution is 0.172. The van der Waals surface area contributed by atoms with Gasteiger partial charge in [0, 0.05) is 13.0 Å². The predicted molar refractivity (Wildman–Crippen MR) is 79.6 cm³/mol. The lowest BCUT2D eigenvalue weighted by Gasteiger charge is -2.13. The van der Waals surface area contributed by atoms with E-state index in [0.29, 0.717) is 6.42 Å². The van der Waals surface area contributed by atoms with Crippen LogP contribution in [0.3, 0.4) is 0 Å². The lowest BCUT2D eigenvalue weighted by Crippen LogP contribution is -2.36. The van der Waals surface area contributed by atoms with Crippen LogP contribution in [0.15, 0.2) is 54.6 Å². The van der Waals surface area contributed by atoms with Crippen molar-refractivity contribution in [2.45, 2.75) is 12.5 Å². The number of amides is 2. The van der Waals surface area contributed by atoms with E-state index in [2.05, 4.69) is 10.6 Å². The van der Waals surface area contributed by atoms with E-state index in [0.717, 1.165) is 5.56 Å². The minimum Gasteiger partial charge on any atom is -0.391 e. The van der Waals surface area contributed by atoms with E-state index < -0.39 is 18.0 Å². The largest absolute Gasteiger partial charge is 0.391 e. The molecule has 110 valence electrons. The first kappa shape index (κ1) is 15.0. The van der Waals surface area contributed by atoms with Gasteiger partial charge in [-0.3, -0.25) is 0 Å². The van der Waals surface area contributed by atoms with Gasteiger partial charge in [0.15, 0.2) is 0 Å². The molecule has 0 aliphatic rings. The van der Waals surface area contributed by atoms with E-state index in [4.69, 9.17) is 0 Å². The fourth-order valence-electron chi connectivity index (χ4n) is 1.90. The summed E-state index contributed by atoms with van der Waals surface area (Å²) in [5, 5.41) is 14.8. The van der Waals surface area contributed by atoms with Crippen LogP contribution in [-0.2, 0) is 6.42 Å². The molecule has 1 unspecified atom stereocenters. The minimum absolute atomic E-state index is 0.0924. The molecule has 0 aliphatic carbocycles. The maximum Gasteiger partial charge on any atom is 0.319 e. The molecule has 0 radical (unpaired) electrons. The molecule has 2 aromatic rings. The molecule has 2 rings (SSSR count). The maximum absolute atomic E-state index is 13.3. The molecule has 0 saturated heterocycles. The van der Waals surface area contributed by atoms with Gasteiger partial charge in [0.1, 0.15) is 5.82 Å². The Bertz CT molecular complexity index is 590. The average Bonchev–Trinajstić information content (AvgIpc) is 2.49.